The van der Waals surface area contributed by atoms with Crippen LogP contribution >= 0.6 is 0 Å². The number of fused-ring (bicyclic) bond motifs is 2. The van der Waals surface area contributed by atoms with Gasteiger partial charge in [-0.3, -0.25) is 0 Å². The average molecular weight is 294 g/mol. The van der Waals surface area contributed by atoms with E-state index in [-0.39, 0.29) is 0 Å². The molecule has 116 valence electrons. The first-order valence-corrected chi connectivity index (χ1v) is 9.32. The summed E-state index contributed by atoms with van der Waals surface area (Å²) >= 11 is 0. The Morgan fingerprint density at radius 2 is 1.50 bits per heavy atom. The zero-order valence-corrected chi connectivity index (χ0v) is 13.5. The second-order valence-electron chi connectivity index (χ2n) is 7.51. The summed E-state index contributed by atoms with van der Waals surface area (Å²) in [6.45, 7) is 0.531. The molecule has 1 atom stereocenters. The largest absolute Gasteiger partial charge is 0.563 e. The van der Waals surface area contributed by atoms with Crippen molar-refractivity contribution < 1.29 is 4.65 Å². The lowest BCUT2D eigenvalue weighted by molar-refractivity contribution is 0.313. The number of rotatable bonds is 3. The summed E-state index contributed by atoms with van der Waals surface area (Å²) in [5, 5.41) is 0. The Morgan fingerprint density at radius 3 is 2.18 bits per heavy atom. The molecule has 3 aliphatic rings. The molecule has 2 heterocycles. The van der Waals surface area contributed by atoms with Crippen molar-refractivity contribution in [2.45, 2.75) is 75.3 Å². The van der Waals surface area contributed by atoms with Crippen LogP contribution in [-0.2, 0) is 4.65 Å². The highest BCUT2D eigenvalue weighted by Crippen LogP contribution is 2.48. The Balaban J connectivity index is 1.49. The van der Waals surface area contributed by atoms with E-state index in [0.717, 1.165) is 18.1 Å². The predicted molar refractivity (Wildman–Crippen MR) is 93.2 cm³/mol. The second kappa shape index (κ2) is 6.52. The van der Waals surface area contributed by atoms with Gasteiger partial charge in [0.1, 0.15) is 0 Å². The molecule has 22 heavy (non-hydrogen) atoms. The van der Waals surface area contributed by atoms with E-state index in [1.807, 2.05) is 0 Å². The lowest BCUT2D eigenvalue weighted by Gasteiger charge is -2.40. The Bertz CT molecular complexity index is 502. The summed E-state index contributed by atoms with van der Waals surface area (Å²) in [6.07, 6.45) is 14.6. The van der Waals surface area contributed by atoms with Gasteiger partial charge in [-0.1, -0.05) is 68.9 Å². The number of hydrogen-bond acceptors (Lipinski definition) is 1. The fourth-order valence-corrected chi connectivity index (χ4v) is 4.93. The SMILES string of the molecule is C1=C(OB2C3CCCC2CCC3)CCC[C@@H]1c1ccccc1. The molecule has 4 rings (SSSR count). The Morgan fingerprint density at radius 1 is 0.818 bits per heavy atom. The smallest absolute Gasteiger partial charge is 0.363 e. The van der Waals surface area contributed by atoms with Gasteiger partial charge in [0.15, 0.2) is 0 Å². The molecule has 2 fully saturated rings. The van der Waals surface area contributed by atoms with Crippen LogP contribution in [0.4, 0.5) is 0 Å². The molecule has 0 saturated carbocycles. The van der Waals surface area contributed by atoms with Gasteiger partial charge in [-0.25, -0.2) is 0 Å². The second-order valence-corrected chi connectivity index (χ2v) is 7.51. The van der Waals surface area contributed by atoms with Crippen molar-refractivity contribution >= 4 is 6.92 Å². The van der Waals surface area contributed by atoms with Crippen LogP contribution in [0.3, 0.4) is 0 Å². The molecule has 2 heteroatoms. The molecule has 0 spiro atoms. The predicted octanol–water partition coefficient (Wildman–Crippen LogP) is 5.95. The van der Waals surface area contributed by atoms with Gasteiger partial charge in [0.2, 0.25) is 0 Å². The average Bonchev–Trinajstić information content (AvgIpc) is 2.56. The van der Waals surface area contributed by atoms with Gasteiger partial charge in [-0.2, -0.15) is 0 Å². The normalized spacial score (nSPS) is 31.5. The fourth-order valence-electron chi connectivity index (χ4n) is 4.93. The molecular formula is C20H27BO. The third kappa shape index (κ3) is 2.98. The van der Waals surface area contributed by atoms with Crippen molar-refractivity contribution in [1.29, 1.82) is 0 Å². The molecule has 0 unspecified atom stereocenters. The first kappa shape index (κ1) is 14.4. The van der Waals surface area contributed by atoms with Gasteiger partial charge in [-0.15, -0.1) is 0 Å². The third-order valence-electron chi connectivity index (χ3n) is 6.07. The van der Waals surface area contributed by atoms with Gasteiger partial charge in [0.25, 0.3) is 0 Å². The highest BCUT2D eigenvalue weighted by Gasteiger charge is 2.43. The first-order chi connectivity index (χ1) is 10.9. The van der Waals surface area contributed by atoms with Crippen molar-refractivity contribution in [3.63, 3.8) is 0 Å². The molecule has 2 aliphatic heterocycles. The van der Waals surface area contributed by atoms with Crippen LogP contribution in [0.2, 0.25) is 11.6 Å². The molecule has 2 saturated heterocycles. The molecule has 1 aliphatic carbocycles. The van der Waals surface area contributed by atoms with Crippen LogP contribution in [0, 0.1) is 0 Å². The highest BCUT2D eigenvalue weighted by atomic mass is 16.4. The van der Waals surface area contributed by atoms with Crippen molar-refractivity contribution in [3.05, 3.63) is 47.7 Å². The lowest BCUT2D eigenvalue weighted by Crippen LogP contribution is -2.37. The molecule has 0 radical (unpaired) electrons. The first-order valence-electron chi connectivity index (χ1n) is 9.32. The minimum Gasteiger partial charge on any atom is -0.563 e. The van der Waals surface area contributed by atoms with E-state index in [2.05, 4.69) is 36.4 Å². The summed E-state index contributed by atoms with van der Waals surface area (Å²) in [5.74, 6) is 3.54. The molecule has 0 aromatic heterocycles. The van der Waals surface area contributed by atoms with Crippen LogP contribution in [0.5, 0.6) is 0 Å². The maximum atomic E-state index is 6.61. The number of hydrogen-bond donors (Lipinski definition) is 0. The number of benzene rings is 1. The third-order valence-corrected chi connectivity index (χ3v) is 6.07. The van der Waals surface area contributed by atoms with E-state index in [0.29, 0.717) is 12.8 Å². The van der Waals surface area contributed by atoms with E-state index >= 15 is 0 Å². The molecule has 0 amide bonds. The molecule has 0 N–H and O–H groups in total. The molecular weight excluding hydrogens is 267 g/mol. The summed E-state index contributed by atoms with van der Waals surface area (Å²) in [6, 6.07) is 10.9. The van der Waals surface area contributed by atoms with E-state index < -0.39 is 0 Å². The van der Waals surface area contributed by atoms with E-state index in [4.69, 9.17) is 4.65 Å². The number of allylic oxidation sites excluding steroid dienone is 2. The summed E-state index contributed by atoms with van der Waals surface area (Å²) in [4.78, 5) is 0. The minimum absolute atomic E-state index is 0.531. The standard InChI is InChI=1S/C20H27BO/c1-2-7-16(8-3-1)17-9-4-14-20(15-17)22-21-18-10-5-11-19(21)13-6-12-18/h1-3,7-8,15,17-19H,4-6,9-14H2/t17-,18?,19?/m0/s1. The van der Waals surface area contributed by atoms with Crippen molar-refractivity contribution in [3.8, 4) is 0 Å². The maximum absolute atomic E-state index is 6.61. The van der Waals surface area contributed by atoms with Gasteiger partial charge in [0, 0.05) is 12.3 Å². The van der Waals surface area contributed by atoms with Crippen molar-refractivity contribution in [2.75, 3.05) is 0 Å². The fraction of sp³-hybridized carbons (Fsp3) is 0.600. The molecule has 1 nitrogen and oxygen atoms in total. The van der Waals surface area contributed by atoms with Gasteiger partial charge >= 0.3 is 6.92 Å². The zero-order chi connectivity index (χ0) is 14.8. The maximum Gasteiger partial charge on any atom is 0.363 e. The Hall–Kier alpha value is -1.18. The highest BCUT2D eigenvalue weighted by molar-refractivity contribution is 6.56. The van der Waals surface area contributed by atoms with E-state index in [9.17, 15) is 0 Å². The monoisotopic (exact) mass is 294 g/mol. The minimum atomic E-state index is 0.531. The Labute approximate surface area is 135 Å². The zero-order valence-electron chi connectivity index (χ0n) is 13.5. The summed E-state index contributed by atoms with van der Waals surface area (Å²) in [7, 11) is 0. The molecule has 1 aromatic carbocycles. The van der Waals surface area contributed by atoms with E-state index in [1.54, 1.807) is 0 Å². The van der Waals surface area contributed by atoms with Gasteiger partial charge in [0.05, 0.1) is 5.76 Å². The summed E-state index contributed by atoms with van der Waals surface area (Å²) in [5.41, 5.74) is 1.45. The Kier molecular flexibility index (Phi) is 4.27. The van der Waals surface area contributed by atoms with Crippen molar-refractivity contribution in [1.82, 2.24) is 0 Å². The topological polar surface area (TPSA) is 9.23 Å². The van der Waals surface area contributed by atoms with Gasteiger partial charge < -0.3 is 4.65 Å². The lowest BCUT2D eigenvalue weighted by atomic mass is 9.38. The van der Waals surface area contributed by atoms with Crippen LogP contribution in [0.1, 0.15) is 69.3 Å². The molecule has 2 bridgehead atoms. The molecule has 1 aromatic rings. The van der Waals surface area contributed by atoms with E-state index in [1.165, 1.54) is 62.7 Å². The van der Waals surface area contributed by atoms with Crippen LogP contribution in [0.15, 0.2) is 42.2 Å². The van der Waals surface area contributed by atoms with Crippen LogP contribution in [-0.4, -0.2) is 6.92 Å². The van der Waals surface area contributed by atoms with Crippen LogP contribution in [0.25, 0.3) is 0 Å². The van der Waals surface area contributed by atoms with Gasteiger partial charge in [-0.05, 0) is 36.1 Å². The van der Waals surface area contributed by atoms with Crippen molar-refractivity contribution in [2.24, 2.45) is 0 Å². The summed E-state index contributed by atoms with van der Waals surface area (Å²) < 4.78 is 6.61. The van der Waals surface area contributed by atoms with Crippen LogP contribution < -0.4 is 0 Å². The quantitative estimate of drug-likeness (QED) is 0.625.